The number of amides is 1. The summed E-state index contributed by atoms with van der Waals surface area (Å²) >= 11 is 0. The highest BCUT2D eigenvalue weighted by Crippen LogP contribution is 2.34. The van der Waals surface area contributed by atoms with Gasteiger partial charge in [0.2, 0.25) is 5.91 Å². The van der Waals surface area contributed by atoms with Crippen LogP contribution in [0.5, 0.6) is 0 Å². The summed E-state index contributed by atoms with van der Waals surface area (Å²) in [5, 5.41) is 5.44. The Morgan fingerprint density at radius 2 is 2.00 bits per heavy atom. The van der Waals surface area contributed by atoms with Crippen molar-refractivity contribution in [2.45, 2.75) is 39.5 Å². The quantitative estimate of drug-likeness (QED) is 0.776. The lowest BCUT2D eigenvalue weighted by Crippen LogP contribution is -2.53. The minimum absolute atomic E-state index is 0.197. The third kappa shape index (κ3) is 2.63. The lowest BCUT2D eigenvalue weighted by atomic mass is 9.76. The number of piperidine rings is 1. The van der Waals surface area contributed by atoms with E-state index in [1.807, 2.05) is 0 Å². The summed E-state index contributed by atoms with van der Waals surface area (Å²) < 4.78 is 0. The van der Waals surface area contributed by atoms with Gasteiger partial charge in [-0.3, -0.25) is 10.2 Å². The molecule has 0 aliphatic carbocycles. The molecule has 17 heavy (non-hydrogen) atoms. The number of nitrogens with zero attached hydrogens (tertiary/aromatic N) is 1. The van der Waals surface area contributed by atoms with Gasteiger partial charge in [0.05, 0.1) is 5.41 Å². The van der Waals surface area contributed by atoms with Gasteiger partial charge in [-0.25, -0.2) is 5.01 Å². The fraction of sp³-hybridized carbons (Fsp3) is 0.923. The molecule has 2 saturated heterocycles. The summed E-state index contributed by atoms with van der Waals surface area (Å²) in [5.41, 5.74) is 2.94. The van der Waals surface area contributed by atoms with Crippen molar-refractivity contribution >= 4 is 5.91 Å². The van der Waals surface area contributed by atoms with E-state index in [-0.39, 0.29) is 11.3 Å². The van der Waals surface area contributed by atoms with Crippen molar-refractivity contribution in [3.05, 3.63) is 0 Å². The topological polar surface area (TPSA) is 44.4 Å². The molecule has 0 bridgehead atoms. The van der Waals surface area contributed by atoms with Crippen molar-refractivity contribution in [3.63, 3.8) is 0 Å². The van der Waals surface area contributed by atoms with Crippen LogP contribution in [0.15, 0.2) is 0 Å². The summed E-state index contributed by atoms with van der Waals surface area (Å²) in [4.78, 5) is 12.5. The Morgan fingerprint density at radius 3 is 2.53 bits per heavy atom. The smallest absolute Gasteiger partial charge is 0.242 e. The van der Waals surface area contributed by atoms with Gasteiger partial charge >= 0.3 is 0 Å². The molecule has 98 valence electrons. The van der Waals surface area contributed by atoms with Crippen LogP contribution in [0.4, 0.5) is 0 Å². The Hall–Kier alpha value is -0.610. The zero-order valence-electron chi connectivity index (χ0n) is 11.1. The van der Waals surface area contributed by atoms with E-state index in [2.05, 4.69) is 29.6 Å². The zero-order valence-corrected chi connectivity index (χ0v) is 11.1. The van der Waals surface area contributed by atoms with Gasteiger partial charge in [-0.2, -0.15) is 0 Å². The van der Waals surface area contributed by atoms with Gasteiger partial charge in [0.25, 0.3) is 0 Å². The third-order valence-corrected chi connectivity index (χ3v) is 4.36. The van der Waals surface area contributed by atoms with E-state index < -0.39 is 0 Å². The zero-order chi connectivity index (χ0) is 12.3. The lowest BCUT2D eigenvalue weighted by molar-refractivity contribution is -0.138. The van der Waals surface area contributed by atoms with Gasteiger partial charge in [0.15, 0.2) is 0 Å². The van der Waals surface area contributed by atoms with Crippen molar-refractivity contribution in [3.8, 4) is 0 Å². The molecule has 1 unspecified atom stereocenters. The van der Waals surface area contributed by atoms with Crippen LogP contribution in [-0.2, 0) is 4.79 Å². The first kappa shape index (κ1) is 12.8. The molecule has 0 aromatic carbocycles. The van der Waals surface area contributed by atoms with Gasteiger partial charge in [0.1, 0.15) is 0 Å². The maximum absolute atomic E-state index is 12.5. The Kier molecular flexibility index (Phi) is 4.05. The number of carbonyl (C=O) groups is 1. The second kappa shape index (κ2) is 5.36. The normalized spacial score (nSPS) is 30.8. The molecule has 2 aliphatic rings. The molecule has 4 heteroatoms. The summed E-state index contributed by atoms with van der Waals surface area (Å²) in [6.07, 6.45) is 4.66. The minimum Gasteiger partial charge on any atom is -0.316 e. The highest BCUT2D eigenvalue weighted by atomic mass is 16.2. The van der Waals surface area contributed by atoms with Gasteiger partial charge in [-0.15, -0.1) is 0 Å². The van der Waals surface area contributed by atoms with Crippen LogP contribution < -0.4 is 10.7 Å². The Morgan fingerprint density at radius 1 is 1.29 bits per heavy atom. The number of hydrogen-bond donors (Lipinski definition) is 2. The van der Waals surface area contributed by atoms with Gasteiger partial charge in [0, 0.05) is 19.6 Å². The molecule has 2 fully saturated rings. The van der Waals surface area contributed by atoms with Crippen LogP contribution in [-0.4, -0.2) is 37.1 Å². The van der Waals surface area contributed by atoms with Crippen LogP contribution >= 0.6 is 0 Å². The number of hydrogen-bond acceptors (Lipinski definition) is 3. The number of rotatable bonds is 3. The molecule has 2 aliphatic heterocycles. The SMILES string of the molecule is CC(C)C1(C(=O)NN2CCCCC2)CCNC1. The third-order valence-electron chi connectivity index (χ3n) is 4.36. The van der Waals surface area contributed by atoms with E-state index in [4.69, 9.17) is 0 Å². The van der Waals surface area contributed by atoms with E-state index in [9.17, 15) is 4.79 Å². The summed E-state index contributed by atoms with van der Waals surface area (Å²) in [6.45, 7) is 8.11. The molecule has 2 N–H and O–H groups in total. The van der Waals surface area contributed by atoms with Crippen molar-refractivity contribution in [2.75, 3.05) is 26.2 Å². The predicted molar refractivity (Wildman–Crippen MR) is 68.3 cm³/mol. The maximum Gasteiger partial charge on any atom is 0.242 e. The van der Waals surface area contributed by atoms with Crippen LogP contribution in [0.3, 0.4) is 0 Å². The second-order valence-electron chi connectivity index (χ2n) is 5.73. The molecule has 4 nitrogen and oxygen atoms in total. The molecule has 2 heterocycles. The summed E-state index contributed by atoms with van der Waals surface area (Å²) in [7, 11) is 0. The minimum atomic E-state index is -0.197. The molecular weight excluding hydrogens is 214 g/mol. The highest BCUT2D eigenvalue weighted by molar-refractivity contribution is 5.83. The molecule has 1 amide bonds. The van der Waals surface area contributed by atoms with Gasteiger partial charge in [-0.1, -0.05) is 20.3 Å². The van der Waals surface area contributed by atoms with E-state index in [0.717, 1.165) is 32.6 Å². The lowest BCUT2D eigenvalue weighted by Gasteiger charge is -2.35. The maximum atomic E-state index is 12.5. The molecule has 2 rings (SSSR count). The fourth-order valence-corrected chi connectivity index (χ4v) is 2.92. The number of hydrazine groups is 1. The molecular formula is C13H25N3O. The Balaban J connectivity index is 1.96. The average Bonchev–Trinajstić information content (AvgIpc) is 2.80. The monoisotopic (exact) mass is 239 g/mol. The first-order valence-corrected chi connectivity index (χ1v) is 6.92. The highest BCUT2D eigenvalue weighted by Gasteiger charge is 2.44. The van der Waals surface area contributed by atoms with Crippen LogP contribution in [0.25, 0.3) is 0 Å². The van der Waals surface area contributed by atoms with Crippen LogP contribution in [0.2, 0.25) is 0 Å². The summed E-state index contributed by atoms with van der Waals surface area (Å²) in [5.74, 6) is 0.613. The van der Waals surface area contributed by atoms with Crippen molar-refractivity contribution < 1.29 is 4.79 Å². The average molecular weight is 239 g/mol. The summed E-state index contributed by atoms with van der Waals surface area (Å²) in [6, 6.07) is 0. The van der Waals surface area contributed by atoms with Crippen LogP contribution in [0, 0.1) is 11.3 Å². The fourth-order valence-electron chi connectivity index (χ4n) is 2.92. The Labute approximate surface area is 104 Å². The van der Waals surface area contributed by atoms with E-state index >= 15 is 0 Å². The predicted octanol–water partition coefficient (Wildman–Crippen LogP) is 1.14. The van der Waals surface area contributed by atoms with Gasteiger partial charge < -0.3 is 5.32 Å². The molecule has 0 aromatic rings. The number of carbonyl (C=O) groups excluding carboxylic acids is 1. The van der Waals surface area contributed by atoms with E-state index in [1.165, 1.54) is 19.3 Å². The van der Waals surface area contributed by atoms with Crippen LogP contribution in [0.1, 0.15) is 39.5 Å². The molecule has 1 atom stereocenters. The Bertz CT molecular complexity index is 266. The van der Waals surface area contributed by atoms with E-state index in [1.54, 1.807) is 0 Å². The number of nitrogens with one attached hydrogen (secondary N) is 2. The second-order valence-corrected chi connectivity index (χ2v) is 5.73. The standard InChI is InChI=1S/C13H25N3O/c1-11(2)13(6-7-14-10-13)12(17)15-16-8-4-3-5-9-16/h11,14H,3-10H2,1-2H3,(H,15,17). The van der Waals surface area contributed by atoms with Gasteiger partial charge in [-0.05, 0) is 31.7 Å². The molecule has 0 saturated carbocycles. The first-order valence-electron chi connectivity index (χ1n) is 6.92. The molecule has 0 aromatic heterocycles. The first-order chi connectivity index (χ1) is 8.15. The van der Waals surface area contributed by atoms with Crippen molar-refractivity contribution in [1.29, 1.82) is 0 Å². The largest absolute Gasteiger partial charge is 0.316 e. The van der Waals surface area contributed by atoms with E-state index in [0.29, 0.717) is 5.92 Å². The van der Waals surface area contributed by atoms with Crippen molar-refractivity contribution in [2.24, 2.45) is 11.3 Å². The molecule has 0 radical (unpaired) electrons. The molecule has 0 spiro atoms. The van der Waals surface area contributed by atoms with Crippen molar-refractivity contribution in [1.82, 2.24) is 15.8 Å².